The van der Waals surface area contributed by atoms with Crippen LogP contribution in [0.4, 0.5) is 4.39 Å². The lowest BCUT2D eigenvalue weighted by atomic mass is 10.1. The fourth-order valence-corrected chi connectivity index (χ4v) is 4.57. The third kappa shape index (κ3) is 5.68. The smallest absolute Gasteiger partial charge is 0.263 e. The minimum atomic E-state index is -3.73. The molecule has 1 N–H and O–H groups in total. The maximum absolute atomic E-state index is 13.0. The standard InChI is InChI=1S/C20H22ClFN2O4S/c1-14(28-18-6-2-15(21)3-7-18)20(25)24-12-10-17(11-13-24)23-29(26,27)19-8-4-16(22)5-9-19/h2-9,14,17,23H,10-13H2,1H3. The number of rotatable bonds is 6. The average molecular weight is 441 g/mol. The molecule has 1 amide bonds. The van der Waals surface area contributed by atoms with E-state index < -0.39 is 21.9 Å². The van der Waals surface area contributed by atoms with E-state index in [4.69, 9.17) is 16.3 Å². The highest BCUT2D eigenvalue weighted by atomic mass is 35.5. The van der Waals surface area contributed by atoms with Crippen LogP contribution in [0.1, 0.15) is 19.8 Å². The molecule has 29 heavy (non-hydrogen) atoms. The van der Waals surface area contributed by atoms with Crippen LogP contribution < -0.4 is 9.46 Å². The molecule has 9 heteroatoms. The molecular formula is C20H22ClFN2O4S. The number of nitrogens with one attached hydrogen (secondary N) is 1. The molecule has 3 rings (SSSR count). The van der Waals surface area contributed by atoms with Gasteiger partial charge in [0.1, 0.15) is 11.6 Å². The van der Waals surface area contributed by atoms with Crippen molar-refractivity contribution < 1.29 is 22.3 Å². The molecule has 156 valence electrons. The van der Waals surface area contributed by atoms with Crippen molar-refractivity contribution >= 4 is 27.5 Å². The van der Waals surface area contributed by atoms with E-state index in [9.17, 15) is 17.6 Å². The number of piperidine rings is 1. The Labute approximate surface area is 174 Å². The molecule has 1 unspecified atom stereocenters. The molecule has 1 saturated heterocycles. The van der Waals surface area contributed by atoms with Crippen LogP contribution in [-0.4, -0.2) is 44.5 Å². The van der Waals surface area contributed by atoms with E-state index in [1.807, 2.05) is 0 Å². The fourth-order valence-electron chi connectivity index (χ4n) is 3.14. The first kappa shape index (κ1) is 21.5. The van der Waals surface area contributed by atoms with Gasteiger partial charge in [-0.3, -0.25) is 4.79 Å². The van der Waals surface area contributed by atoms with E-state index in [0.717, 1.165) is 12.1 Å². The van der Waals surface area contributed by atoms with E-state index in [2.05, 4.69) is 4.72 Å². The highest BCUT2D eigenvalue weighted by Crippen LogP contribution is 2.19. The predicted octanol–water partition coefficient (Wildman–Crippen LogP) is 3.22. The summed E-state index contributed by atoms with van der Waals surface area (Å²) in [6, 6.07) is 11.2. The number of likely N-dealkylation sites (tertiary alicyclic amines) is 1. The maximum Gasteiger partial charge on any atom is 0.263 e. The molecule has 1 fully saturated rings. The van der Waals surface area contributed by atoms with Gasteiger partial charge in [0.25, 0.3) is 5.91 Å². The molecule has 0 radical (unpaired) electrons. The molecule has 0 saturated carbocycles. The molecular weight excluding hydrogens is 419 g/mol. The van der Waals surface area contributed by atoms with Gasteiger partial charge >= 0.3 is 0 Å². The van der Waals surface area contributed by atoms with E-state index >= 15 is 0 Å². The summed E-state index contributed by atoms with van der Waals surface area (Å²) in [5.41, 5.74) is 0. The van der Waals surface area contributed by atoms with E-state index in [1.165, 1.54) is 12.1 Å². The summed E-state index contributed by atoms with van der Waals surface area (Å²) in [6.07, 6.45) is 0.309. The van der Waals surface area contributed by atoms with Crippen LogP contribution in [0, 0.1) is 5.82 Å². The Morgan fingerprint density at radius 2 is 1.72 bits per heavy atom. The molecule has 0 aliphatic carbocycles. The third-order valence-corrected chi connectivity index (χ3v) is 6.52. The minimum Gasteiger partial charge on any atom is -0.481 e. The lowest BCUT2D eigenvalue weighted by Gasteiger charge is -2.33. The summed E-state index contributed by atoms with van der Waals surface area (Å²) >= 11 is 5.84. The quantitative estimate of drug-likeness (QED) is 0.748. The number of ether oxygens (including phenoxy) is 1. The van der Waals surface area contributed by atoms with Gasteiger partial charge < -0.3 is 9.64 Å². The number of carbonyl (C=O) groups is 1. The summed E-state index contributed by atoms with van der Waals surface area (Å²) in [7, 11) is -3.73. The third-order valence-electron chi connectivity index (χ3n) is 4.73. The van der Waals surface area contributed by atoms with Crippen molar-refractivity contribution in [3.8, 4) is 5.75 Å². The molecule has 0 bridgehead atoms. The SMILES string of the molecule is CC(Oc1ccc(Cl)cc1)C(=O)N1CCC(NS(=O)(=O)c2ccc(F)cc2)CC1. The Kier molecular flexibility index (Phi) is 6.77. The zero-order valence-corrected chi connectivity index (χ0v) is 17.4. The molecule has 6 nitrogen and oxygen atoms in total. The number of benzene rings is 2. The predicted molar refractivity (Wildman–Crippen MR) is 108 cm³/mol. The number of sulfonamides is 1. The molecule has 2 aromatic carbocycles. The Morgan fingerprint density at radius 3 is 2.31 bits per heavy atom. The number of halogens is 2. The Balaban J connectivity index is 1.52. The largest absolute Gasteiger partial charge is 0.481 e. The Bertz CT molecular complexity index is 943. The average Bonchev–Trinajstić information content (AvgIpc) is 2.70. The highest BCUT2D eigenvalue weighted by molar-refractivity contribution is 7.89. The van der Waals surface area contributed by atoms with Gasteiger partial charge in [0, 0.05) is 24.2 Å². The second-order valence-corrected chi connectivity index (χ2v) is 9.04. The van der Waals surface area contributed by atoms with E-state index in [-0.39, 0.29) is 16.8 Å². The molecule has 1 aliphatic heterocycles. The highest BCUT2D eigenvalue weighted by Gasteiger charge is 2.29. The lowest BCUT2D eigenvalue weighted by molar-refractivity contribution is -0.139. The van der Waals surface area contributed by atoms with Crippen LogP contribution in [0.25, 0.3) is 0 Å². The second-order valence-electron chi connectivity index (χ2n) is 6.89. The monoisotopic (exact) mass is 440 g/mol. The van der Waals surface area contributed by atoms with Gasteiger partial charge in [-0.25, -0.2) is 17.5 Å². The van der Waals surface area contributed by atoms with Crippen molar-refractivity contribution in [2.75, 3.05) is 13.1 Å². The zero-order chi connectivity index (χ0) is 21.0. The van der Waals surface area contributed by atoms with Crippen LogP contribution >= 0.6 is 11.6 Å². The molecule has 1 aliphatic rings. The number of carbonyl (C=O) groups excluding carboxylic acids is 1. The van der Waals surface area contributed by atoms with Crippen LogP contribution in [-0.2, 0) is 14.8 Å². The molecule has 0 aromatic heterocycles. The van der Waals surface area contributed by atoms with Gasteiger partial charge in [-0.1, -0.05) is 11.6 Å². The Hall–Kier alpha value is -2.16. The molecule has 1 heterocycles. The van der Waals surface area contributed by atoms with Gasteiger partial charge in [-0.15, -0.1) is 0 Å². The van der Waals surface area contributed by atoms with Crippen molar-refractivity contribution in [2.24, 2.45) is 0 Å². The summed E-state index contributed by atoms with van der Waals surface area (Å²) < 4.78 is 46.1. The van der Waals surface area contributed by atoms with E-state index in [0.29, 0.717) is 36.7 Å². The minimum absolute atomic E-state index is 0.0161. The maximum atomic E-state index is 13.0. The van der Waals surface area contributed by atoms with Gasteiger partial charge in [0.15, 0.2) is 6.10 Å². The number of amides is 1. The first-order valence-corrected chi connectivity index (χ1v) is 11.1. The van der Waals surface area contributed by atoms with Crippen molar-refractivity contribution in [3.05, 3.63) is 59.4 Å². The number of hydrogen-bond acceptors (Lipinski definition) is 4. The first-order chi connectivity index (χ1) is 13.7. The topological polar surface area (TPSA) is 75.7 Å². The van der Waals surface area contributed by atoms with E-state index in [1.54, 1.807) is 36.1 Å². The second kappa shape index (κ2) is 9.11. The normalized spacial score (nSPS) is 16.4. The van der Waals surface area contributed by atoms with Crippen molar-refractivity contribution in [1.29, 1.82) is 0 Å². The van der Waals surface area contributed by atoms with Crippen molar-refractivity contribution in [2.45, 2.75) is 36.8 Å². The van der Waals surface area contributed by atoms with Crippen LogP contribution in [0.5, 0.6) is 5.75 Å². The summed E-state index contributed by atoms with van der Waals surface area (Å²) in [5.74, 6) is -0.0947. The van der Waals surface area contributed by atoms with Crippen LogP contribution in [0.2, 0.25) is 5.02 Å². The van der Waals surface area contributed by atoms with Crippen LogP contribution in [0.15, 0.2) is 53.4 Å². The molecule has 2 aromatic rings. The van der Waals surface area contributed by atoms with Crippen molar-refractivity contribution in [1.82, 2.24) is 9.62 Å². The number of hydrogen-bond donors (Lipinski definition) is 1. The van der Waals surface area contributed by atoms with Crippen molar-refractivity contribution in [3.63, 3.8) is 0 Å². The number of nitrogens with zero attached hydrogens (tertiary/aromatic N) is 1. The van der Waals surface area contributed by atoms with Gasteiger partial charge in [0.2, 0.25) is 10.0 Å². The fraction of sp³-hybridized carbons (Fsp3) is 0.350. The summed E-state index contributed by atoms with van der Waals surface area (Å²) in [5, 5.41) is 0.585. The Morgan fingerprint density at radius 1 is 1.14 bits per heavy atom. The summed E-state index contributed by atoms with van der Waals surface area (Å²) in [4.78, 5) is 14.3. The molecule has 0 spiro atoms. The summed E-state index contributed by atoms with van der Waals surface area (Å²) in [6.45, 7) is 2.52. The lowest BCUT2D eigenvalue weighted by Crippen LogP contribution is -2.49. The van der Waals surface area contributed by atoms with Gasteiger partial charge in [0.05, 0.1) is 4.90 Å². The first-order valence-electron chi connectivity index (χ1n) is 9.23. The van der Waals surface area contributed by atoms with Gasteiger partial charge in [-0.2, -0.15) is 0 Å². The van der Waals surface area contributed by atoms with Crippen LogP contribution in [0.3, 0.4) is 0 Å². The zero-order valence-electron chi connectivity index (χ0n) is 15.8. The van der Waals surface area contributed by atoms with Gasteiger partial charge in [-0.05, 0) is 68.3 Å². The molecule has 1 atom stereocenters.